The number of amidine groups is 1. The molecule has 2 N–H and O–H groups in total. The van der Waals surface area contributed by atoms with Crippen LogP contribution in [-0.4, -0.2) is 10.8 Å². The molecule has 0 aliphatic carbocycles. The summed E-state index contributed by atoms with van der Waals surface area (Å²) in [6, 6.07) is 19.7. The van der Waals surface area contributed by atoms with Crippen LogP contribution in [0.5, 0.6) is 0 Å². The first kappa shape index (κ1) is 16.9. The van der Waals surface area contributed by atoms with Crippen LogP contribution in [0.15, 0.2) is 79.1 Å². The van der Waals surface area contributed by atoms with Crippen molar-refractivity contribution in [2.45, 2.75) is 6.42 Å². The van der Waals surface area contributed by atoms with Gasteiger partial charge < -0.3 is 5.32 Å². The van der Waals surface area contributed by atoms with E-state index in [1.165, 1.54) is 11.1 Å². The largest absolute Gasteiger partial charge is 0.341 e. The van der Waals surface area contributed by atoms with Gasteiger partial charge in [0.1, 0.15) is 5.84 Å². The molecule has 0 saturated heterocycles. The molecule has 0 unspecified atom stereocenters. The first-order valence-electron chi connectivity index (χ1n) is 7.96. The van der Waals surface area contributed by atoms with Crippen LogP contribution in [-0.2, 0) is 6.42 Å². The maximum absolute atomic E-state index is 7.98. The number of anilines is 1. The van der Waals surface area contributed by atoms with Crippen LogP contribution in [0.25, 0.3) is 6.08 Å². The number of hydrogen-bond acceptors (Lipinski definition) is 2. The van der Waals surface area contributed by atoms with E-state index in [0.29, 0.717) is 10.9 Å². The number of halogens is 1. The molecule has 2 aromatic carbocycles. The summed E-state index contributed by atoms with van der Waals surface area (Å²) in [5.41, 5.74) is 4.39. The van der Waals surface area contributed by atoms with Gasteiger partial charge in [-0.05, 0) is 65.6 Å². The minimum atomic E-state index is 0.322. The first-order valence-corrected chi connectivity index (χ1v) is 8.34. The van der Waals surface area contributed by atoms with Gasteiger partial charge in [0.15, 0.2) is 0 Å². The number of aromatic nitrogens is 1. The van der Waals surface area contributed by atoms with Crippen LogP contribution in [0.2, 0.25) is 5.02 Å². The molecule has 0 bridgehead atoms. The van der Waals surface area contributed by atoms with Crippen molar-refractivity contribution in [2.24, 2.45) is 0 Å². The molecule has 3 aromatic rings. The van der Waals surface area contributed by atoms with Crippen LogP contribution >= 0.6 is 11.6 Å². The number of nitrogens with one attached hydrogen (secondary N) is 2. The van der Waals surface area contributed by atoms with Gasteiger partial charge in [-0.1, -0.05) is 41.9 Å². The van der Waals surface area contributed by atoms with Gasteiger partial charge in [0.2, 0.25) is 0 Å². The highest BCUT2D eigenvalue weighted by atomic mass is 35.5. The van der Waals surface area contributed by atoms with Crippen molar-refractivity contribution >= 4 is 29.2 Å². The summed E-state index contributed by atoms with van der Waals surface area (Å²) >= 11 is 5.85. The van der Waals surface area contributed by atoms with E-state index in [2.05, 4.69) is 34.6 Å². The molecular formula is C21H18ClN3. The third-order valence-electron chi connectivity index (χ3n) is 3.70. The lowest BCUT2D eigenvalue weighted by molar-refractivity contribution is 1.16. The van der Waals surface area contributed by atoms with Crippen LogP contribution in [0.3, 0.4) is 0 Å². The van der Waals surface area contributed by atoms with Gasteiger partial charge in [-0.25, -0.2) is 0 Å². The van der Waals surface area contributed by atoms with Crippen LogP contribution < -0.4 is 5.32 Å². The summed E-state index contributed by atoms with van der Waals surface area (Å²) in [7, 11) is 0. The third kappa shape index (κ3) is 5.30. The molecule has 0 aliphatic heterocycles. The van der Waals surface area contributed by atoms with E-state index >= 15 is 0 Å². The minimum absolute atomic E-state index is 0.322. The molecule has 0 aliphatic rings. The number of benzene rings is 2. The zero-order chi connectivity index (χ0) is 17.5. The van der Waals surface area contributed by atoms with Crippen molar-refractivity contribution in [3.8, 4) is 0 Å². The molecule has 0 radical (unpaired) electrons. The zero-order valence-corrected chi connectivity index (χ0v) is 14.4. The maximum Gasteiger partial charge on any atom is 0.122 e. The molecule has 0 fully saturated rings. The van der Waals surface area contributed by atoms with Crippen molar-refractivity contribution in [2.75, 3.05) is 5.32 Å². The van der Waals surface area contributed by atoms with E-state index < -0.39 is 0 Å². The zero-order valence-electron chi connectivity index (χ0n) is 13.6. The van der Waals surface area contributed by atoms with Crippen LogP contribution in [0.1, 0.15) is 16.7 Å². The fourth-order valence-corrected chi connectivity index (χ4v) is 2.52. The molecule has 3 nitrogen and oxygen atoms in total. The second-order valence-corrected chi connectivity index (χ2v) is 6.09. The lowest BCUT2D eigenvalue weighted by Crippen LogP contribution is -2.06. The Morgan fingerprint density at radius 2 is 1.56 bits per heavy atom. The lowest BCUT2D eigenvalue weighted by atomic mass is 10.0. The molecule has 124 valence electrons. The lowest BCUT2D eigenvalue weighted by Gasteiger charge is -2.04. The van der Waals surface area contributed by atoms with Crippen LogP contribution in [0.4, 0.5) is 5.69 Å². The average Bonchev–Trinajstić information content (AvgIpc) is 2.64. The Labute approximate surface area is 152 Å². The number of hydrogen-bond donors (Lipinski definition) is 2. The summed E-state index contributed by atoms with van der Waals surface area (Å²) in [4.78, 5) is 4.03. The Hall–Kier alpha value is -2.91. The van der Waals surface area contributed by atoms with Gasteiger partial charge in [-0.15, -0.1) is 0 Å². The van der Waals surface area contributed by atoms with E-state index in [-0.39, 0.29) is 0 Å². The summed E-state index contributed by atoms with van der Waals surface area (Å²) in [6.45, 7) is 0. The molecule has 4 heteroatoms. The molecule has 1 aromatic heterocycles. The Bertz CT molecular complexity index is 854. The highest BCUT2D eigenvalue weighted by Crippen LogP contribution is 2.14. The van der Waals surface area contributed by atoms with E-state index in [9.17, 15) is 0 Å². The van der Waals surface area contributed by atoms with Gasteiger partial charge >= 0.3 is 0 Å². The summed E-state index contributed by atoms with van der Waals surface area (Å²) < 4.78 is 0. The molecule has 0 atom stereocenters. The van der Waals surface area contributed by atoms with Crippen molar-refractivity contribution in [3.05, 3.63) is 101 Å². The van der Waals surface area contributed by atoms with Gasteiger partial charge in [-0.2, -0.15) is 0 Å². The average molecular weight is 348 g/mol. The molecule has 25 heavy (non-hydrogen) atoms. The van der Waals surface area contributed by atoms with E-state index in [0.717, 1.165) is 17.7 Å². The van der Waals surface area contributed by atoms with Crippen LogP contribution in [0, 0.1) is 5.41 Å². The molecular weight excluding hydrogens is 330 g/mol. The maximum atomic E-state index is 7.98. The molecule has 0 amide bonds. The second kappa shape index (κ2) is 8.27. The highest BCUT2D eigenvalue weighted by Gasteiger charge is 1.97. The van der Waals surface area contributed by atoms with Crippen molar-refractivity contribution in [1.29, 1.82) is 5.41 Å². The van der Waals surface area contributed by atoms with Gasteiger partial charge in [0.05, 0.1) is 0 Å². The number of nitrogens with zero attached hydrogens (tertiary/aromatic N) is 1. The SMILES string of the molecule is N=C(/C=C/c1ccc(Cc2ccncc2)cc1)Nc1ccc(Cl)cc1. The Morgan fingerprint density at radius 3 is 2.24 bits per heavy atom. The quantitative estimate of drug-likeness (QED) is 0.477. The molecule has 0 saturated carbocycles. The number of rotatable bonds is 5. The Kier molecular flexibility index (Phi) is 5.60. The molecule has 1 heterocycles. The smallest absolute Gasteiger partial charge is 0.122 e. The molecule has 0 spiro atoms. The van der Waals surface area contributed by atoms with E-state index in [1.54, 1.807) is 18.2 Å². The summed E-state index contributed by atoms with van der Waals surface area (Å²) in [6.07, 6.45) is 8.17. The van der Waals surface area contributed by atoms with E-state index in [1.807, 2.05) is 42.7 Å². The Morgan fingerprint density at radius 1 is 0.920 bits per heavy atom. The van der Waals surface area contributed by atoms with E-state index in [4.69, 9.17) is 17.0 Å². The Balaban J connectivity index is 1.57. The second-order valence-electron chi connectivity index (χ2n) is 5.65. The normalized spacial score (nSPS) is 10.8. The number of pyridine rings is 1. The fraction of sp³-hybridized carbons (Fsp3) is 0.0476. The predicted octanol–water partition coefficient (Wildman–Crippen LogP) is 5.43. The standard InChI is InChI=1S/C21H18ClN3/c22-19-6-8-20(9-7-19)25-21(23)10-5-16-1-3-17(4-2-16)15-18-11-13-24-14-12-18/h1-14H,15H2,(H2,23,25)/b10-5+. The van der Waals surface area contributed by atoms with Gasteiger partial charge in [0, 0.05) is 23.1 Å². The van der Waals surface area contributed by atoms with Gasteiger partial charge in [0.25, 0.3) is 0 Å². The third-order valence-corrected chi connectivity index (χ3v) is 3.95. The first-order chi connectivity index (χ1) is 12.2. The monoisotopic (exact) mass is 347 g/mol. The fourth-order valence-electron chi connectivity index (χ4n) is 2.39. The van der Waals surface area contributed by atoms with Crippen molar-refractivity contribution in [3.63, 3.8) is 0 Å². The highest BCUT2D eigenvalue weighted by molar-refractivity contribution is 6.30. The molecule has 3 rings (SSSR count). The summed E-state index contributed by atoms with van der Waals surface area (Å²) in [5.74, 6) is 0.322. The minimum Gasteiger partial charge on any atom is -0.341 e. The summed E-state index contributed by atoms with van der Waals surface area (Å²) in [5, 5.41) is 11.7. The van der Waals surface area contributed by atoms with Crippen molar-refractivity contribution in [1.82, 2.24) is 4.98 Å². The predicted molar refractivity (Wildman–Crippen MR) is 105 cm³/mol. The van der Waals surface area contributed by atoms with Crippen molar-refractivity contribution < 1.29 is 0 Å². The van der Waals surface area contributed by atoms with Gasteiger partial charge in [-0.3, -0.25) is 10.4 Å². The topological polar surface area (TPSA) is 48.8 Å².